The van der Waals surface area contributed by atoms with Crippen LogP contribution in [-0.2, 0) is 0 Å². The van der Waals surface area contributed by atoms with Crippen LogP contribution >= 0.6 is 22.7 Å². The molecule has 3 heteroatoms. The van der Waals surface area contributed by atoms with Gasteiger partial charge < -0.3 is 4.90 Å². The summed E-state index contributed by atoms with van der Waals surface area (Å²) >= 11 is 3.73. The Balaban J connectivity index is 1.11. The second-order valence-electron chi connectivity index (χ2n) is 14.0. The first-order valence-electron chi connectivity index (χ1n) is 18.7. The number of para-hydroxylation sites is 1. The topological polar surface area (TPSA) is 3.24 Å². The van der Waals surface area contributed by atoms with Gasteiger partial charge in [-0.1, -0.05) is 146 Å². The number of anilines is 3. The van der Waals surface area contributed by atoms with Crippen molar-refractivity contribution in [2.24, 2.45) is 0 Å². The third kappa shape index (κ3) is 5.35. The maximum atomic E-state index is 2.48. The predicted octanol–water partition coefficient (Wildman–Crippen LogP) is 16.0. The zero-order chi connectivity index (χ0) is 36.3. The molecule has 0 bridgehead atoms. The molecule has 0 fully saturated rings. The fraction of sp³-hybridized carbons (Fsp3) is 0. The molecule has 0 amide bonds. The van der Waals surface area contributed by atoms with Crippen molar-refractivity contribution >= 4 is 90.9 Å². The number of hydrogen-bond donors (Lipinski definition) is 0. The third-order valence-corrected chi connectivity index (χ3v) is 13.2. The van der Waals surface area contributed by atoms with E-state index >= 15 is 0 Å². The molecule has 0 aliphatic heterocycles. The molecule has 0 saturated heterocycles. The standard InChI is InChI=1S/C52H33NS2/c1-2-17-39-34(13-1)14-10-21-40(39)36-15-9-16-37(33-36)41-18-3-6-23-45(41)53(46-24-12-28-50-52(46)44-20-5-8-26-48(44)55-50)38-31-29-35(30-32-38)42-22-11-27-49-51(42)43-19-4-7-25-47(43)54-49/h1-33H. The van der Waals surface area contributed by atoms with Gasteiger partial charge in [0.25, 0.3) is 0 Å². The number of hydrogen-bond acceptors (Lipinski definition) is 3. The molecule has 0 saturated carbocycles. The van der Waals surface area contributed by atoms with Gasteiger partial charge in [0.1, 0.15) is 0 Å². The molecule has 1 nitrogen and oxygen atoms in total. The van der Waals surface area contributed by atoms with E-state index in [9.17, 15) is 0 Å². The fourth-order valence-corrected chi connectivity index (χ4v) is 10.7. The van der Waals surface area contributed by atoms with Crippen LogP contribution < -0.4 is 4.90 Å². The van der Waals surface area contributed by atoms with Crippen LogP contribution in [0.3, 0.4) is 0 Å². The van der Waals surface area contributed by atoms with Gasteiger partial charge in [-0.3, -0.25) is 0 Å². The number of fused-ring (bicyclic) bond motifs is 7. The van der Waals surface area contributed by atoms with E-state index in [0.29, 0.717) is 0 Å². The summed E-state index contributed by atoms with van der Waals surface area (Å²) in [5.41, 5.74) is 10.7. The van der Waals surface area contributed by atoms with Gasteiger partial charge in [0.2, 0.25) is 0 Å². The van der Waals surface area contributed by atoms with Crippen molar-refractivity contribution in [3.8, 4) is 33.4 Å². The van der Waals surface area contributed by atoms with Crippen molar-refractivity contribution < 1.29 is 0 Å². The Hall–Kier alpha value is -6.52. The van der Waals surface area contributed by atoms with Gasteiger partial charge in [0, 0.05) is 51.6 Å². The average molecular weight is 736 g/mol. The molecule has 2 aromatic heterocycles. The second-order valence-corrected chi connectivity index (χ2v) is 16.2. The Morgan fingerprint density at radius 2 is 0.818 bits per heavy atom. The smallest absolute Gasteiger partial charge is 0.0555 e. The Labute approximate surface area is 327 Å². The average Bonchev–Trinajstić information content (AvgIpc) is 3.83. The lowest BCUT2D eigenvalue weighted by atomic mass is 9.94. The van der Waals surface area contributed by atoms with E-state index in [-0.39, 0.29) is 0 Å². The van der Waals surface area contributed by atoms with E-state index in [0.717, 1.165) is 11.4 Å². The van der Waals surface area contributed by atoms with Gasteiger partial charge in [-0.05, 0) is 93.2 Å². The highest BCUT2D eigenvalue weighted by atomic mass is 32.1. The Morgan fingerprint density at radius 3 is 1.62 bits per heavy atom. The summed E-state index contributed by atoms with van der Waals surface area (Å²) in [5, 5.41) is 7.73. The van der Waals surface area contributed by atoms with Gasteiger partial charge in [-0.25, -0.2) is 0 Å². The van der Waals surface area contributed by atoms with Gasteiger partial charge in [0.05, 0.1) is 11.4 Å². The molecule has 2 heterocycles. The summed E-state index contributed by atoms with van der Waals surface area (Å²) < 4.78 is 5.23. The minimum absolute atomic E-state index is 1.12. The second kappa shape index (κ2) is 13.1. The Bertz CT molecular complexity index is 3220. The van der Waals surface area contributed by atoms with Crippen LogP contribution in [0.1, 0.15) is 0 Å². The lowest BCUT2D eigenvalue weighted by Gasteiger charge is -2.29. The van der Waals surface area contributed by atoms with Crippen molar-refractivity contribution in [1.82, 2.24) is 0 Å². The molecule has 55 heavy (non-hydrogen) atoms. The van der Waals surface area contributed by atoms with Gasteiger partial charge >= 0.3 is 0 Å². The normalized spacial score (nSPS) is 11.6. The van der Waals surface area contributed by atoms with E-state index in [1.54, 1.807) is 0 Å². The van der Waals surface area contributed by atoms with Crippen LogP contribution in [0, 0.1) is 0 Å². The maximum Gasteiger partial charge on any atom is 0.0555 e. The van der Waals surface area contributed by atoms with Crippen LogP contribution in [0.2, 0.25) is 0 Å². The molecule has 11 aromatic rings. The largest absolute Gasteiger partial charge is 0.309 e. The van der Waals surface area contributed by atoms with Gasteiger partial charge in [0.15, 0.2) is 0 Å². The quantitative estimate of drug-likeness (QED) is 0.164. The van der Waals surface area contributed by atoms with Crippen molar-refractivity contribution in [1.29, 1.82) is 0 Å². The molecule has 11 rings (SSSR count). The lowest BCUT2D eigenvalue weighted by molar-refractivity contribution is 1.30. The summed E-state index contributed by atoms with van der Waals surface area (Å²) in [6.45, 7) is 0. The third-order valence-electron chi connectivity index (χ3n) is 10.9. The minimum atomic E-state index is 1.12. The molecule has 0 aliphatic rings. The maximum absolute atomic E-state index is 2.48. The zero-order valence-electron chi connectivity index (χ0n) is 29.8. The zero-order valence-corrected chi connectivity index (χ0v) is 31.4. The number of rotatable bonds is 6. The molecule has 0 N–H and O–H groups in total. The summed E-state index contributed by atoms with van der Waals surface area (Å²) in [4.78, 5) is 2.48. The molecule has 0 aliphatic carbocycles. The molecule has 0 spiro atoms. The first-order valence-corrected chi connectivity index (χ1v) is 20.3. The van der Waals surface area contributed by atoms with E-state index < -0.39 is 0 Å². The number of nitrogens with zero attached hydrogens (tertiary/aromatic N) is 1. The molecule has 0 atom stereocenters. The highest BCUT2D eigenvalue weighted by Crippen LogP contribution is 2.48. The molecular weight excluding hydrogens is 703 g/mol. The van der Waals surface area contributed by atoms with Crippen molar-refractivity contribution in [2.45, 2.75) is 0 Å². The fourth-order valence-electron chi connectivity index (χ4n) is 8.40. The van der Waals surface area contributed by atoms with Crippen molar-refractivity contribution in [3.63, 3.8) is 0 Å². The van der Waals surface area contributed by atoms with Crippen LogP contribution in [0.4, 0.5) is 17.1 Å². The van der Waals surface area contributed by atoms with E-state index in [4.69, 9.17) is 0 Å². The molecule has 258 valence electrons. The SMILES string of the molecule is c1cc(-c2ccccc2N(c2ccc(-c3cccc4sc5ccccc5c34)cc2)c2cccc3sc4ccccc4c23)cc(-c2cccc3ccccc23)c1. The van der Waals surface area contributed by atoms with E-state index in [1.807, 2.05) is 22.7 Å². The first kappa shape index (κ1) is 32.0. The van der Waals surface area contributed by atoms with Crippen LogP contribution in [0.25, 0.3) is 84.5 Å². The summed E-state index contributed by atoms with van der Waals surface area (Å²) in [6.07, 6.45) is 0. The summed E-state index contributed by atoms with van der Waals surface area (Å²) in [5.74, 6) is 0. The first-order chi connectivity index (χ1) is 27.3. The van der Waals surface area contributed by atoms with E-state index in [1.165, 1.54) is 90.2 Å². The van der Waals surface area contributed by atoms with Crippen LogP contribution in [-0.4, -0.2) is 0 Å². The monoisotopic (exact) mass is 735 g/mol. The Morgan fingerprint density at radius 1 is 0.309 bits per heavy atom. The highest BCUT2D eigenvalue weighted by molar-refractivity contribution is 7.26. The minimum Gasteiger partial charge on any atom is -0.309 e. The molecule has 0 radical (unpaired) electrons. The summed E-state index contributed by atoms with van der Waals surface area (Å²) in [6, 6.07) is 73.4. The van der Waals surface area contributed by atoms with E-state index in [2.05, 4.69) is 205 Å². The lowest BCUT2D eigenvalue weighted by Crippen LogP contribution is -2.11. The highest BCUT2D eigenvalue weighted by Gasteiger charge is 2.22. The van der Waals surface area contributed by atoms with Crippen molar-refractivity contribution in [2.75, 3.05) is 4.90 Å². The van der Waals surface area contributed by atoms with Gasteiger partial charge in [-0.2, -0.15) is 0 Å². The molecule has 0 unspecified atom stereocenters. The van der Waals surface area contributed by atoms with Gasteiger partial charge in [-0.15, -0.1) is 22.7 Å². The number of benzene rings is 9. The van der Waals surface area contributed by atoms with Crippen molar-refractivity contribution in [3.05, 3.63) is 200 Å². The summed E-state index contributed by atoms with van der Waals surface area (Å²) in [7, 11) is 0. The Kier molecular flexibility index (Phi) is 7.61. The number of thiophene rings is 2. The van der Waals surface area contributed by atoms with Crippen LogP contribution in [0.5, 0.6) is 0 Å². The molecular formula is C52H33NS2. The molecule has 9 aromatic carbocycles. The predicted molar refractivity (Wildman–Crippen MR) is 241 cm³/mol. The van der Waals surface area contributed by atoms with Crippen LogP contribution in [0.15, 0.2) is 200 Å².